The zero-order valence-corrected chi connectivity index (χ0v) is 11.2. The molecule has 0 heterocycles. The van der Waals surface area contributed by atoms with Gasteiger partial charge in [0.25, 0.3) is 11.6 Å². The van der Waals surface area contributed by atoms with E-state index in [0.717, 1.165) is 0 Å². The fourth-order valence-electron chi connectivity index (χ4n) is 1.23. The van der Waals surface area contributed by atoms with Crippen LogP contribution in [0.1, 0.15) is 17.3 Å². The number of carbonyl (C=O) groups is 1. The molecule has 0 fully saturated rings. The fourth-order valence-corrected chi connectivity index (χ4v) is 1.57. The molecule has 0 radical (unpaired) electrons. The maximum Gasteiger partial charge on any atom is 0.271 e. The standard InChI is InChI=1S/C11H12Cl2N2O3/c1-7(5-12)6-14-11(16)8-2-9(13)4-10(3-8)15(17)18/h2-4,7H,5-6H2,1H3,(H,14,16). The molecule has 7 heteroatoms. The Morgan fingerprint density at radius 3 is 2.72 bits per heavy atom. The summed E-state index contributed by atoms with van der Waals surface area (Å²) >= 11 is 11.3. The van der Waals surface area contributed by atoms with Crippen molar-refractivity contribution in [2.45, 2.75) is 6.92 Å². The quantitative estimate of drug-likeness (QED) is 0.515. The van der Waals surface area contributed by atoms with Gasteiger partial charge < -0.3 is 5.32 Å². The van der Waals surface area contributed by atoms with Gasteiger partial charge in [-0.15, -0.1) is 11.6 Å². The summed E-state index contributed by atoms with van der Waals surface area (Å²) in [4.78, 5) is 21.8. The predicted molar refractivity (Wildman–Crippen MR) is 70.3 cm³/mol. The lowest BCUT2D eigenvalue weighted by Crippen LogP contribution is -2.28. The number of non-ortho nitro benzene ring substituents is 1. The summed E-state index contributed by atoms with van der Waals surface area (Å²) in [6, 6.07) is 3.77. The number of nitro benzene ring substituents is 1. The molecular weight excluding hydrogens is 279 g/mol. The third kappa shape index (κ3) is 4.16. The minimum absolute atomic E-state index is 0.129. The van der Waals surface area contributed by atoms with Gasteiger partial charge in [-0.25, -0.2) is 0 Å². The minimum atomic E-state index is -0.593. The second-order valence-corrected chi connectivity index (χ2v) is 4.67. The summed E-state index contributed by atoms with van der Waals surface area (Å²) in [5.74, 6) is 0.151. The molecule has 0 aliphatic heterocycles. The Balaban J connectivity index is 2.82. The highest BCUT2D eigenvalue weighted by molar-refractivity contribution is 6.31. The van der Waals surface area contributed by atoms with Gasteiger partial charge in [-0.05, 0) is 12.0 Å². The van der Waals surface area contributed by atoms with Crippen LogP contribution in [-0.2, 0) is 0 Å². The van der Waals surface area contributed by atoms with Crippen molar-refractivity contribution in [3.05, 3.63) is 38.9 Å². The van der Waals surface area contributed by atoms with Crippen molar-refractivity contribution in [1.29, 1.82) is 0 Å². The number of hydrogen-bond acceptors (Lipinski definition) is 3. The SMILES string of the molecule is CC(CCl)CNC(=O)c1cc(Cl)cc([N+](=O)[O-])c1. The van der Waals surface area contributed by atoms with Crippen LogP contribution in [-0.4, -0.2) is 23.3 Å². The summed E-state index contributed by atoms with van der Waals surface area (Å²) in [7, 11) is 0. The van der Waals surface area contributed by atoms with Gasteiger partial charge in [0.1, 0.15) is 0 Å². The van der Waals surface area contributed by atoms with Crippen molar-refractivity contribution in [2.75, 3.05) is 12.4 Å². The average Bonchev–Trinajstić information content (AvgIpc) is 2.34. The van der Waals surface area contributed by atoms with Crippen molar-refractivity contribution in [2.24, 2.45) is 5.92 Å². The third-order valence-corrected chi connectivity index (χ3v) is 2.98. The van der Waals surface area contributed by atoms with E-state index in [0.29, 0.717) is 12.4 Å². The van der Waals surface area contributed by atoms with Crippen LogP contribution in [0, 0.1) is 16.0 Å². The van der Waals surface area contributed by atoms with E-state index in [1.165, 1.54) is 18.2 Å². The largest absolute Gasteiger partial charge is 0.352 e. The fraction of sp³-hybridized carbons (Fsp3) is 0.364. The molecule has 1 atom stereocenters. The van der Waals surface area contributed by atoms with Gasteiger partial charge in [0.2, 0.25) is 0 Å². The molecule has 5 nitrogen and oxygen atoms in total. The molecule has 1 amide bonds. The molecule has 1 unspecified atom stereocenters. The Morgan fingerprint density at radius 2 is 2.17 bits per heavy atom. The zero-order valence-electron chi connectivity index (χ0n) is 9.65. The molecule has 98 valence electrons. The summed E-state index contributed by atoms with van der Waals surface area (Å²) < 4.78 is 0. The molecular formula is C11H12Cl2N2O3. The first kappa shape index (κ1) is 14.7. The monoisotopic (exact) mass is 290 g/mol. The van der Waals surface area contributed by atoms with Crippen LogP contribution in [0.25, 0.3) is 0 Å². The van der Waals surface area contributed by atoms with Crippen LogP contribution >= 0.6 is 23.2 Å². The molecule has 1 aromatic carbocycles. The first-order chi connectivity index (χ1) is 8.43. The van der Waals surface area contributed by atoms with E-state index < -0.39 is 10.8 Å². The Bertz CT molecular complexity index is 466. The minimum Gasteiger partial charge on any atom is -0.352 e. The molecule has 1 aromatic rings. The van der Waals surface area contributed by atoms with E-state index in [-0.39, 0.29) is 22.2 Å². The molecule has 0 aromatic heterocycles. The topological polar surface area (TPSA) is 72.2 Å². The Kier molecular flexibility index (Phi) is 5.37. The zero-order chi connectivity index (χ0) is 13.7. The summed E-state index contributed by atoms with van der Waals surface area (Å²) in [5.41, 5.74) is -0.0472. The normalized spacial score (nSPS) is 11.9. The number of nitrogens with zero attached hydrogens (tertiary/aromatic N) is 1. The Morgan fingerprint density at radius 1 is 1.50 bits per heavy atom. The number of alkyl halides is 1. The molecule has 0 aliphatic carbocycles. The lowest BCUT2D eigenvalue weighted by atomic mass is 10.1. The van der Waals surface area contributed by atoms with Gasteiger partial charge in [-0.2, -0.15) is 0 Å². The number of nitrogens with one attached hydrogen (secondary N) is 1. The van der Waals surface area contributed by atoms with Crippen LogP contribution < -0.4 is 5.32 Å². The molecule has 1 N–H and O–H groups in total. The number of rotatable bonds is 5. The van der Waals surface area contributed by atoms with Gasteiger partial charge in [-0.3, -0.25) is 14.9 Å². The molecule has 0 bridgehead atoms. The molecule has 0 spiro atoms. The smallest absolute Gasteiger partial charge is 0.271 e. The van der Waals surface area contributed by atoms with Crippen LogP contribution in [0.3, 0.4) is 0 Å². The van der Waals surface area contributed by atoms with Crippen molar-refractivity contribution in [3.8, 4) is 0 Å². The van der Waals surface area contributed by atoms with Crippen LogP contribution in [0.15, 0.2) is 18.2 Å². The van der Waals surface area contributed by atoms with E-state index in [4.69, 9.17) is 23.2 Å². The molecule has 0 aliphatic rings. The molecule has 18 heavy (non-hydrogen) atoms. The van der Waals surface area contributed by atoms with Gasteiger partial charge in [0.05, 0.1) is 4.92 Å². The average molecular weight is 291 g/mol. The number of hydrogen-bond donors (Lipinski definition) is 1. The first-order valence-electron chi connectivity index (χ1n) is 5.23. The maximum absolute atomic E-state index is 11.8. The first-order valence-corrected chi connectivity index (χ1v) is 6.14. The van der Waals surface area contributed by atoms with E-state index in [1.807, 2.05) is 6.92 Å². The molecule has 0 saturated carbocycles. The second-order valence-electron chi connectivity index (χ2n) is 3.92. The van der Waals surface area contributed by atoms with E-state index in [9.17, 15) is 14.9 Å². The predicted octanol–water partition coefficient (Wildman–Crippen LogP) is 2.85. The number of carbonyl (C=O) groups excluding carboxylic acids is 1. The van der Waals surface area contributed by atoms with Crippen molar-refractivity contribution >= 4 is 34.8 Å². The summed E-state index contributed by atoms with van der Waals surface area (Å²) in [6.07, 6.45) is 0. The van der Waals surface area contributed by atoms with Gasteiger partial charge >= 0.3 is 0 Å². The summed E-state index contributed by atoms with van der Waals surface area (Å²) in [5, 5.41) is 13.4. The van der Waals surface area contributed by atoms with Gasteiger partial charge in [0.15, 0.2) is 0 Å². The van der Waals surface area contributed by atoms with Crippen molar-refractivity contribution < 1.29 is 9.72 Å². The second kappa shape index (κ2) is 6.56. The maximum atomic E-state index is 11.8. The number of halogens is 2. The van der Waals surface area contributed by atoms with Crippen LogP contribution in [0.2, 0.25) is 5.02 Å². The Labute approximate surface area is 114 Å². The number of amides is 1. The number of benzene rings is 1. The highest BCUT2D eigenvalue weighted by atomic mass is 35.5. The summed E-state index contributed by atoms with van der Waals surface area (Å²) in [6.45, 7) is 2.29. The highest BCUT2D eigenvalue weighted by Gasteiger charge is 2.14. The van der Waals surface area contributed by atoms with Crippen LogP contribution in [0.5, 0.6) is 0 Å². The van der Waals surface area contributed by atoms with Crippen molar-refractivity contribution in [1.82, 2.24) is 5.32 Å². The van der Waals surface area contributed by atoms with E-state index >= 15 is 0 Å². The molecule has 0 saturated heterocycles. The van der Waals surface area contributed by atoms with E-state index in [1.54, 1.807) is 0 Å². The van der Waals surface area contributed by atoms with Crippen molar-refractivity contribution in [3.63, 3.8) is 0 Å². The van der Waals surface area contributed by atoms with Crippen LogP contribution in [0.4, 0.5) is 5.69 Å². The van der Waals surface area contributed by atoms with Gasteiger partial charge in [0, 0.05) is 35.1 Å². The van der Waals surface area contributed by atoms with Gasteiger partial charge in [-0.1, -0.05) is 18.5 Å². The van der Waals surface area contributed by atoms with E-state index in [2.05, 4.69) is 5.32 Å². The third-order valence-electron chi connectivity index (χ3n) is 2.23. The lowest BCUT2D eigenvalue weighted by molar-refractivity contribution is -0.384. The number of nitro groups is 1. The molecule has 1 rings (SSSR count). The lowest BCUT2D eigenvalue weighted by Gasteiger charge is -2.09. The Hall–Kier alpha value is -1.33. The highest BCUT2D eigenvalue weighted by Crippen LogP contribution is 2.20.